The maximum atomic E-state index is 11.3. The number of benzene rings is 1. The lowest BCUT2D eigenvalue weighted by atomic mass is 10.1. The summed E-state index contributed by atoms with van der Waals surface area (Å²) in [4.78, 5) is 11.3. The number of hydrogen-bond acceptors (Lipinski definition) is 2. The molecule has 1 aromatic heterocycles. The van der Waals surface area contributed by atoms with Gasteiger partial charge >= 0.3 is 0 Å². The highest BCUT2D eigenvalue weighted by atomic mass is 16.3. The molecule has 0 saturated carbocycles. The Balaban J connectivity index is 2.58. The zero-order chi connectivity index (χ0) is 10.8. The van der Waals surface area contributed by atoms with E-state index in [1.54, 1.807) is 6.07 Å². The van der Waals surface area contributed by atoms with E-state index in [0.29, 0.717) is 5.69 Å². The number of rotatable bonds is 1. The normalized spacial score (nSPS) is 10.2. The average Bonchev–Trinajstić information content (AvgIpc) is 2.62. The number of nitrogens with zero attached hydrogens (tertiary/aromatic N) is 1. The maximum Gasteiger partial charge on any atom is 0.228 e. The average molecular weight is 201 g/mol. The Labute approximate surface area is 87.6 Å². The Morgan fingerprint density at radius 1 is 1.27 bits per heavy atom. The number of carbonyl (C=O) groups is 1. The zero-order valence-corrected chi connectivity index (χ0v) is 8.34. The van der Waals surface area contributed by atoms with Crippen molar-refractivity contribution in [1.29, 1.82) is 0 Å². The highest BCUT2D eigenvalue weighted by Gasteiger charge is 2.09. The second-order valence-electron chi connectivity index (χ2n) is 3.34. The van der Waals surface area contributed by atoms with Crippen LogP contribution in [0.15, 0.2) is 42.6 Å². The summed E-state index contributed by atoms with van der Waals surface area (Å²) >= 11 is 0. The van der Waals surface area contributed by atoms with Gasteiger partial charge in [0.25, 0.3) is 0 Å². The van der Waals surface area contributed by atoms with Crippen molar-refractivity contribution in [2.24, 2.45) is 0 Å². The highest BCUT2D eigenvalue weighted by Crippen LogP contribution is 2.25. The lowest BCUT2D eigenvalue weighted by molar-refractivity contribution is 0.0938. The minimum Gasteiger partial charge on any atom is -0.506 e. The molecule has 3 heteroatoms. The lowest BCUT2D eigenvalue weighted by Gasteiger charge is -2.03. The quantitative estimate of drug-likeness (QED) is 0.770. The molecule has 2 aromatic rings. The molecule has 1 N–H and O–H groups in total. The van der Waals surface area contributed by atoms with Crippen LogP contribution in [-0.2, 0) is 0 Å². The van der Waals surface area contributed by atoms with Gasteiger partial charge in [0.2, 0.25) is 5.91 Å². The smallest absolute Gasteiger partial charge is 0.228 e. The molecule has 1 heterocycles. The molecule has 0 aliphatic rings. The Morgan fingerprint density at radius 2 is 1.93 bits per heavy atom. The van der Waals surface area contributed by atoms with Crippen LogP contribution in [0, 0.1) is 0 Å². The Kier molecular flexibility index (Phi) is 2.29. The minimum atomic E-state index is -0.117. The molecule has 0 fully saturated rings. The van der Waals surface area contributed by atoms with E-state index in [1.807, 2.05) is 30.3 Å². The first-order valence-electron chi connectivity index (χ1n) is 4.66. The summed E-state index contributed by atoms with van der Waals surface area (Å²) < 4.78 is 1.44. The van der Waals surface area contributed by atoms with Crippen LogP contribution in [0.1, 0.15) is 11.7 Å². The fourth-order valence-electron chi connectivity index (χ4n) is 1.54. The molecule has 76 valence electrons. The summed E-state index contributed by atoms with van der Waals surface area (Å²) in [7, 11) is 0. The van der Waals surface area contributed by atoms with Crippen molar-refractivity contribution in [2.75, 3.05) is 0 Å². The van der Waals surface area contributed by atoms with Crippen molar-refractivity contribution < 1.29 is 9.90 Å². The predicted octanol–water partition coefficient (Wildman–Crippen LogP) is 2.52. The Hall–Kier alpha value is -2.03. The molecule has 0 spiro atoms. The Bertz CT molecular complexity index is 486. The first-order chi connectivity index (χ1) is 7.18. The van der Waals surface area contributed by atoms with Crippen LogP contribution in [0.4, 0.5) is 0 Å². The standard InChI is InChI=1S/C12H11NO2/c1-9(14)13-8-11(15)7-12(13)10-5-3-2-4-6-10/h2-8,15H,1H3. The van der Waals surface area contributed by atoms with Gasteiger partial charge in [-0.3, -0.25) is 9.36 Å². The largest absolute Gasteiger partial charge is 0.506 e. The van der Waals surface area contributed by atoms with Crippen molar-refractivity contribution >= 4 is 5.91 Å². The van der Waals surface area contributed by atoms with Gasteiger partial charge < -0.3 is 5.11 Å². The number of aromatic hydroxyl groups is 1. The van der Waals surface area contributed by atoms with E-state index in [1.165, 1.54) is 17.7 Å². The summed E-state index contributed by atoms with van der Waals surface area (Å²) in [6, 6.07) is 11.1. The van der Waals surface area contributed by atoms with E-state index < -0.39 is 0 Å². The van der Waals surface area contributed by atoms with Crippen LogP contribution in [-0.4, -0.2) is 15.6 Å². The molecule has 0 radical (unpaired) electrons. The Morgan fingerprint density at radius 3 is 2.53 bits per heavy atom. The van der Waals surface area contributed by atoms with Gasteiger partial charge in [0, 0.05) is 13.0 Å². The molecule has 3 nitrogen and oxygen atoms in total. The molecular formula is C12H11NO2. The first-order valence-corrected chi connectivity index (χ1v) is 4.66. The molecule has 1 aromatic carbocycles. The van der Waals surface area contributed by atoms with Crippen LogP contribution in [0.2, 0.25) is 0 Å². The molecule has 0 aliphatic carbocycles. The molecule has 0 unspecified atom stereocenters. The summed E-state index contributed by atoms with van der Waals surface area (Å²) in [6.45, 7) is 1.46. The second kappa shape index (κ2) is 3.61. The fraction of sp³-hybridized carbons (Fsp3) is 0.0833. The van der Waals surface area contributed by atoms with Crippen molar-refractivity contribution in [1.82, 2.24) is 4.57 Å². The summed E-state index contributed by atoms with van der Waals surface area (Å²) in [5, 5.41) is 9.37. The van der Waals surface area contributed by atoms with Gasteiger partial charge in [-0.05, 0) is 5.56 Å². The SMILES string of the molecule is CC(=O)n1cc(O)cc1-c1ccccc1. The topological polar surface area (TPSA) is 42.2 Å². The van der Waals surface area contributed by atoms with Gasteiger partial charge in [0.1, 0.15) is 5.75 Å². The van der Waals surface area contributed by atoms with Crippen LogP contribution in [0.5, 0.6) is 5.75 Å². The van der Waals surface area contributed by atoms with Gasteiger partial charge in [-0.1, -0.05) is 30.3 Å². The summed E-state index contributed by atoms with van der Waals surface area (Å²) in [5.74, 6) is -0.0155. The van der Waals surface area contributed by atoms with E-state index in [2.05, 4.69) is 0 Å². The van der Waals surface area contributed by atoms with Gasteiger partial charge in [0.05, 0.1) is 11.9 Å². The monoisotopic (exact) mass is 201 g/mol. The number of aromatic nitrogens is 1. The molecule has 0 amide bonds. The van der Waals surface area contributed by atoms with E-state index in [-0.39, 0.29) is 11.7 Å². The van der Waals surface area contributed by atoms with Crippen LogP contribution in [0.25, 0.3) is 11.3 Å². The molecular weight excluding hydrogens is 190 g/mol. The summed E-state index contributed by atoms with van der Waals surface area (Å²) in [5.41, 5.74) is 1.62. The van der Waals surface area contributed by atoms with Crippen LogP contribution in [0.3, 0.4) is 0 Å². The highest BCUT2D eigenvalue weighted by molar-refractivity contribution is 5.83. The van der Waals surface area contributed by atoms with Crippen molar-refractivity contribution in [3.63, 3.8) is 0 Å². The van der Waals surface area contributed by atoms with Gasteiger partial charge in [-0.15, -0.1) is 0 Å². The zero-order valence-electron chi connectivity index (χ0n) is 8.34. The van der Waals surface area contributed by atoms with Crippen LogP contribution < -0.4 is 0 Å². The molecule has 0 aliphatic heterocycles. The maximum absolute atomic E-state index is 11.3. The molecule has 0 saturated heterocycles. The number of carbonyl (C=O) groups excluding carboxylic acids is 1. The molecule has 2 rings (SSSR count). The third-order valence-corrected chi connectivity index (χ3v) is 2.21. The second-order valence-corrected chi connectivity index (χ2v) is 3.34. The predicted molar refractivity (Wildman–Crippen MR) is 57.8 cm³/mol. The van der Waals surface area contributed by atoms with Gasteiger partial charge in [-0.2, -0.15) is 0 Å². The van der Waals surface area contributed by atoms with Gasteiger partial charge in [0.15, 0.2) is 0 Å². The number of hydrogen-bond donors (Lipinski definition) is 1. The van der Waals surface area contributed by atoms with E-state index in [9.17, 15) is 9.90 Å². The van der Waals surface area contributed by atoms with Crippen molar-refractivity contribution in [2.45, 2.75) is 6.92 Å². The third kappa shape index (κ3) is 1.76. The lowest BCUT2D eigenvalue weighted by Crippen LogP contribution is -2.05. The summed E-state index contributed by atoms with van der Waals surface area (Å²) in [6.07, 6.45) is 1.42. The van der Waals surface area contributed by atoms with E-state index >= 15 is 0 Å². The molecule has 15 heavy (non-hydrogen) atoms. The van der Waals surface area contributed by atoms with Crippen molar-refractivity contribution in [3.05, 3.63) is 42.6 Å². The van der Waals surface area contributed by atoms with Gasteiger partial charge in [-0.25, -0.2) is 0 Å². The van der Waals surface area contributed by atoms with Crippen LogP contribution >= 0.6 is 0 Å². The fourth-order valence-corrected chi connectivity index (χ4v) is 1.54. The van der Waals surface area contributed by atoms with E-state index in [0.717, 1.165) is 5.56 Å². The molecule has 0 atom stereocenters. The first kappa shape index (κ1) is 9.52. The third-order valence-electron chi connectivity index (χ3n) is 2.21. The van der Waals surface area contributed by atoms with E-state index in [4.69, 9.17) is 0 Å². The van der Waals surface area contributed by atoms with Crippen molar-refractivity contribution in [3.8, 4) is 17.0 Å². The molecule has 0 bridgehead atoms. The minimum absolute atomic E-state index is 0.101.